The molecule has 27 heavy (non-hydrogen) atoms. The molecule has 0 aliphatic carbocycles. The fourth-order valence-electron chi connectivity index (χ4n) is 2.99. The van der Waals surface area contributed by atoms with Crippen LogP contribution in [0.2, 0.25) is 0 Å². The summed E-state index contributed by atoms with van der Waals surface area (Å²) in [5, 5.41) is 6.95. The molecule has 1 aromatic carbocycles. The van der Waals surface area contributed by atoms with Crippen molar-refractivity contribution >= 4 is 0 Å². The van der Waals surface area contributed by atoms with Crippen LogP contribution < -0.4 is 16.4 Å². The Balaban J connectivity index is 1.59. The minimum Gasteiger partial charge on any atom is -0.327 e. The van der Waals surface area contributed by atoms with Crippen molar-refractivity contribution in [1.29, 1.82) is 0 Å². The summed E-state index contributed by atoms with van der Waals surface area (Å²) in [6.07, 6.45) is 4.96. The molecule has 5 heteroatoms. The van der Waals surface area contributed by atoms with Gasteiger partial charge in [0.2, 0.25) is 0 Å². The van der Waals surface area contributed by atoms with Crippen LogP contribution in [0, 0.1) is 0 Å². The smallest absolute Gasteiger partial charge is 0.0544 e. The van der Waals surface area contributed by atoms with Gasteiger partial charge in [-0.15, -0.1) is 0 Å². The van der Waals surface area contributed by atoms with Crippen LogP contribution in [0.1, 0.15) is 29.7 Å². The molecule has 0 radical (unpaired) electrons. The van der Waals surface area contributed by atoms with E-state index in [0.29, 0.717) is 0 Å². The predicted octanol–water partition coefficient (Wildman–Crippen LogP) is 2.17. The van der Waals surface area contributed by atoms with E-state index in [1.165, 1.54) is 11.1 Å². The van der Waals surface area contributed by atoms with E-state index >= 15 is 0 Å². The van der Waals surface area contributed by atoms with E-state index in [1.807, 2.05) is 12.3 Å². The third kappa shape index (κ3) is 9.63. The van der Waals surface area contributed by atoms with E-state index in [1.54, 1.807) is 0 Å². The van der Waals surface area contributed by atoms with Crippen LogP contribution in [0.4, 0.5) is 0 Å². The van der Waals surface area contributed by atoms with Gasteiger partial charge in [0.15, 0.2) is 0 Å². The van der Waals surface area contributed by atoms with Crippen LogP contribution in [-0.2, 0) is 19.5 Å². The average molecular weight is 370 g/mol. The van der Waals surface area contributed by atoms with E-state index in [4.69, 9.17) is 5.73 Å². The molecule has 0 fully saturated rings. The molecule has 0 amide bonds. The summed E-state index contributed by atoms with van der Waals surface area (Å²) >= 11 is 0. The first-order chi connectivity index (χ1) is 13.1. The number of hydrogen-bond donors (Lipinski definition) is 3. The fraction of sp³-hybridized carbons (Fsp3) is 0.500. The van der Waals surface area contributed by atoms with E-state index in [0.717, 1.165) is 57.7 Å². The number of benzene rings is 1. The number of nitrogens with zero attached hydrogens (tertiary/aromatic N) is 2. The van der Waals surface area contributed by atoms with Gasteiger partial charge in [0.25, 0.3) is 0 Å². The summed E-state index contributed by atoms with van der Waals surface area (Å²) in [5.41, 5.74) is 9.94. The fourth-order valence-corrected chi connectivity index (χ4v) is 2.99. The predicted molar refractivity (Wildman–Crippen MR) is 114 cm³/mol. The van der Waals surface area contributed by atoms with Crippen LogP contribution >= 0.6 is 0 Å². The molecule has 2 aromatic rings. The van der Waals surface area contributed by atoms with Crippen molar-refractivity contribution in [3.8, 4) is 0 Å². The van der Waals surface area contributed by atoms with E-state index in [2.05, 4.69) is 71.0 Å². The Labute approximate surface area is 164 Å². The first-order valence-corrected chi connectivity index (χ1v) is 9.93. The zero-order valence-corrected chi connectivity index (χ0v) is 16.8. The lowest BCUT2D eigenvalue weighted by atomic mass is 10.0. The third-order valence-electron chi connectivity index (χ3n) is 4.52. The molecule has 0 bridgehead atoms. The standard InChI is InChI=1S/C22H35N5/c1-27(2)14-13-25-17-20-10-12-26-22(16-20)18-24-11-6-9-21(23)15-19-7-4-3-5-8-19/h3-5,7-8,10,12,16,21,24-25H,6,9,11,13-15,17-18,23H2,1-2H3. The van der Waals surface area contributed by atoms with Gasteiger partial charge in [-0.25, -0.2) is 0 Å². The first-order valence-electron chi connectivity index (χ1n) is 9.93. The second kappa shape index (κ2) is 12.6. The first kappa shape index (κ1) is 21.5. The zero-order chi connectivity index (χ0) is 19.3. The molecule has 148 valence electrons. The van der Waals surface area contributed by atoms with Crippen LogP contribution in [0.25, 0.3) is 0 Å². The monoisotopic (exact) mass is 369 g/mol. The Morgan fingerprint density at radius 2 is 1.78 bits per heavy atom. The minimum absolute atomic E-state index is 0.226. The topological polar surface area (TPSA) is 66.2 Å². The second-order valence-corrected chi connectivity index (χ2v) is 7.40. The number of nitrogens with two attached hydrogens (primary N) is 1. The number of hydrogen-bond acceptors (Lipinski definition) is 5. The largest absolute Gasteiger partial charge is 0.327 e. The number of likely N-dealkylation sites (N-methyl/N-ethyl adjacent to an activating group) is 1. The van der Waals surface area contributed by atoms with Crippen LogP contribution in [0.15, 0.2) is 48.7 Å². The molecule has 0 saturated carbocycles. The van der Waals surface area contributed by atoms with Gasteiger partial charge < -0.3 is 21.3 Å². The second-order valence-electron chi connectivity index (χ2n) is 7.40. The summed E-state index contributed by atoms with van der Waals surface area (Å²) in [6, 6.07) is 15.0. The summed E-state index contributed by atoms with van der Waals surface area (Å²) in [6.45, 7) is 4.70. The summed E-state index contributed by atoms with van der Waals surface area (Å²) in [7, 11) is 4.18. The highest BCUT2D eigenvalue weighted by Gasteiger charge is 2.04. The van der Waals surface area contributed by atoms with Crippen molar-refractivity contribution < 1.29 is 0 Å². The maximum atomic E-state index is 6.25. The molecule has 0 spiro atoms. The van der Waals surface area contributed by atoms with Gasteiger partial charge in [-0.1, -0.05) is 30.3 Å². The van der Waals surface area contributed by atoms with Crippen LogP contribution in [0.3, 0.4) is 0 Å². The maximum absolute atomic E-state index is 6.25. The van der Waals surface area contributed by atoms with E-state index in [-0.39, 0.29) is 6.04 Å². The van der Waals surface area contributed by atoms with Gasteiger partial charge in [0.1, 0.15) is 0 Å². The van der Waals surface area contributed by atoms with E-state index < -0.39 is 0 Å². The molecule has 0 saturated heterocycles. The normalized spacial score (nSPS) is 12.4. The lowest BCUT2D eigenvalue weighted by Gasteiger charge is -2.12. The summed E-state index contributed by atoms with van der Waals surface area (Å²) < 4.78 is 0. The number of aromatic nitrogens is 1. The Morgan fingerprint density at radius 1 is 1.00 bits per heavy atom. The molecule has 0 aliphatic heterocycles. The zero-order valence-electron chi connectivity index (χ0n) is 16.8. The van der Waals surface area contributed by atoms with Crippen molar-refractivity contribution in [3.05, 3.63) is 65.5 Å². The Bertz CT molecular complexity index is 630. The maximum Gasteiger partial charge on any atom is 0.0544 e. The SMILES string of the molecule is CN(C)CCNCc1ccnc(CNCCCC(N)Cc2ccccc2)c1. The van der Waals surface area contributed by atoms with Crippen LogP contribution in [-0.4, -0.2) is 49.7 Å². The molecular weight excluding hydrogens is 334 g/mol. The van der Waals surface area contributed by atoms with Crippen LogP contribution in [0.5, 0.6) is 0 Å². The van der Waals surface area contributed by atoms with Crippen molar-refractivity contribution in [1.82, 2.24) is 20.5 Å². The molecule has 0 aliphatic rings. The van der Waals surface area contributed by atoms with Gasteiger partial charge >= 0.3 is 0 Å². The highest BCUT2D eigenvalue weighted by Crippen LogP contribution is 2.06. The van der Waals surface area contributed by atoms with Gasteiger partial charge in [0.05, 0.1) is 5.69 Å². The van der Waals surface area contributed by atoms with Crippen molar-refractivity contribution in [2.45, 2.75) is 38.4 Å². The molecule has 1 aromatic heterocycles. The minimum atomic E-state index is 0.226. The molecule has 1 heterocycles. The molecular formula is C22H35N5. The molecule has 4 N–H and O–H groups in total. The molecule has 1 atom stereocenters. The quantitative estimate of drug-likeness (QED) is 0.472. The highest BCUT2D eigenvalue weighted by molar-refractivity contribution is 5.16. The van der Waals surface area contributed by atoms with Crippen molar-refractivity contribution in [2.24, 2.45) is 5.73 Å². The Hall–Kier alpha value is -1.79. The number of pyridine rings is 1. The third-order valence-corrected chi connectivity index (χ3v) is 4.52. The summed E-state index contributed by atoms with van der Waals surface area (Å²) in [5.74, 6) is 0. The van der Waals surface area contributed by atoms with E-state index in [9.17, 15) is 0 Å². The number of nitrogens with one attached hydrogen (secondary N) is 2. The molecule has 1 unspecified atom stereocenters. The van der Waals surface area contributed by atoms with Gasteiger partial charge in [-0.2, -0.15) is 0 Å². The summed E-state index contributed by atoms with van der Waals surface area (Å²) in [4.78, 5) is 6.64. The van der Waals surface area contributed by atoms with Gasteiger partial charge in [-0.3, -0.25) is 4.98 Å². The lowest BCUT2D eigenvalue weighted by molar-refractivity contribution is 0.400. The van der Waals surface area contributed by atoms with Gasteiger partial charge in [-0.05, 0) is 63.2 Å². The Morgan fingerprint density at radius 3 is 2.56 bits per heavy atom. The Kier molecular flexibility index (Phi) is 10.0. The lowest BCUT2D eigenvalue weighted by Crippen LogP contribution is -2.26. The van der Waals surface area contributed by atoms with Crippen molar-refractivity contribution in [2.75, 3.05) is 33.7 Å². The van der Waals surface area contributed by atoms with Gasteiger partial charge in [0, 0.05) is 38.4 Å². The molecule has 5 nitrogen and oxygen atoms in total. The molecule has 2 rings (SSSR count). The number of rotatable bonds is 13. The average Bonchev–Trinajstić information content (AvgIpc) is 2.66. The van der Waals surface area contributed by atoms with Crippen molar-refractivity contribution in [3.63, 3.8) is 0 Å². The highest BCUT2D eigenvalue weighted by atomic mass is 15.1.